The minimum atomic E-state index is -0.176. The van der Waals surface area contributed by atoms with E-state index in [4.69, 9.17) is 4.74 Å². The maximum Gasteiger partial charge on any atom is 0.275 e. The lowest BCUT2D eigenvalue weighted by molar-refractivity contribution is -0.115. The van der Waals surface area contributed by atoms with Crippen molar-refractivity contribution < 1.29 is 9.53 Å². The molecule has 2 aromatic carbocycles. The molecule has 1 N–H and O–H groups in total. The number of methoxy groups -OCH3 is 1. The summed E-state index contributed by atoms with van der Waals surface area (Å²) in [5.41, 5.74) is 3.58. The van der Waals surface area contributed by atoms with E-state index in [1.807, 2.05) is 48.5 Å². The van der Waals surface area contributed by atoms with Crippen LogP contribution in [0.4, 0.5) is 0 Å². The summed E-state index contributed by atoms with van der Waals surface area (Å²) in [6.45, 7) is 2.09. The van der Waals surface area contributed by atoms with Crippen LogP contribution in [0.2, 0.25) is 0 Å². The molecule has 4 heteroatoms. The Morgan fingerprint density at radius 2 is 1.92 bits per heavy atom. The number of benzene rings is 2. The minimum Gasteiger partial charge on any atom is -0.496 e. The van der Waals surface area contributed by atoms with Crippen LogP contribution < -0.4 is 10.1 Å². The van der Waals surface area contributed by atoms with Crippen LogP contribution in [-0.2, 0) is 17.6 Å². The molecule has 1 aliphatic rings. The maximum atomic E-state index is 12.2. The highest BCUT2D eigenvalue weighted by Gasteiger charge is 2.20. The molecule has 0 bridgehead atoms. The van der Waals surface area contributed by atoms with Gasteiger partial charge in [0.2, 0.25) is 0 Å². The second-order valence-corrected chi connectivity index (χ2v) is 5.63. The van der Waals surface area contributed by atoms with Crippen molar-refractivity contribution in [3.8, 4) is 5.75 Å². The number of nitrogens with one attached hydrogen (secondary N) is 1. The van der Waals surface area contributed by atoms with Gasteiger partial charge in [0, 0.05) is 12.0 Å². The van der Waals surface area contributed by atoms with Crippen LogP contribution in [0.5, 0.6) is 5.75 Å². The Kier molecular flexibility index (Phi) is 4.75. The lowest BCUT2D eigenvalue weighted by atomic mass is 10.1. The number of nitrogens with zero attached hydrogens (tertiary/aromatic N) is 1. The molecule has 0 spiro atoms. The Morgan fingerprint density at radius 3 is 2.62 bits per heavy atom. The Morgan fingerprint density at radius 1 is 1.12 bits per heavy atom. The van der Waals surface area contributed by atoms with Crippen LogP contribution in [0.25, 0.3) is 6.08 Å². The second kappa shape index (κ2) is 7.13. The molecule has 1 heterocycles. The Bertz CT molecular complexity index is 808. The van der Waals surface area contributed by atoms with E-state index in [9.17, 15) is 4.79 Å². The fourth-order valence-electron chi connectivity index (χ4n) is 2.65. The van der Waals surface area contributed by atoms with E-state index in [0.717, 1.165) is 23.3 Å². The summed E-state index contributed by atoms with van der Waals surface area (Å²) in [7, 11) is 1.63. The van der Waals surface area contributed by atoms with Crippen molar-refractivity contribution in [3.05, 3.63) is 70.9 Å². The van der Waals surface area contributed by atoms with Crippen molar-refractivity contribution in [2.45, 2.75) is 19.8 Å². The van der Waals surface area contributed by atoms with Gasteiger partial charge in [-0.25, -0.2) is 4.99 Å². The molecule has 4 nitrogen and oxygen atoms in total. The lowest BCUT2D eigenvalue weighted by Gasteiger charge is -2.07. The maximum absolute atomic E-state index is 12.2. The average molecular weight is 320 g/mol. The quantitative estimate of drug-likeness (QED) is 0.859. The number of amidine groups is 1. The van der Waals surface area contributed by atoms with Crippen molar-refractivity contribution >= 4 is 17.8 Å². The second-order valence-electron chi connectivity index (χ2n) is 5.63. The molecule has 24 heavy (non-hydrogen) atoms. The van der Waals surface area contributed by atoms with Crippen molar-refractivity contribution in [1.82, 2.24) is 5.32 Å². The number of carbonyl (C=O) groups is 1. The van der Waals surface area contributed by atoms with Crippen LogP contribution >= 0.6 is 0 Å². The molecular weight excluding hydrogens is 300 g/mol. The van der Waals surface area contributed by atoms with E-state index in [1.165, 1.54) is 5.56 Å². The minimum absolute atomic E-state index is 0.176. The highest BCUT2D eigenvalue weighted by atomic mass is 16.5. The molecule has 0 saturated carbocycles. The SMILES string of the molecule is CCc1ccc(OC)c(/C=C2/N=C(Cc3ccccc3)NC2=O)c1. The first kappa shape index (κ1) is 16.0. The van der Waals surface area contributed by atoms with E-state index < -0.39 is 0 Å². The van der Waals surface area contributed by atoms with Gasteiger partial charge in [0.15, 0.2) is 0 Å². The molecule has 2 aromatic rings. The topological polar surface area (TPSA) is 50.7 Å². The fourth-order valence-corrected chi connectivity index (χ4v) is 2.65. The Labute approximate surface area is 141 Å². The number of amides is 1. The first-order valence-corrected chi connectivity index (χ1v) is 8.01. The summed E-state index contributed by atoms with van der Waals surface area (Å²) in [5, 5.41) is 2.84. The first-order chi connectivity index (χ1) is 11.7. The molecule has 122 valence electrons. The molecule has 0 aromatic heterocycles. The zero-order valence-corrected chi connectivity index (χ0v) is 13.9. The van der Waals surface area contributed by atoms with Gasteiger partial charge in [-0.3, -0.25) is 4.79 Å². The molecule has 0 unspecified atom stereocenters. The van der Waals surface area contributed by atoms with E-state index in [2.05, 4.69) is 17.2 Å². The monoisotopic (exact) mass is 320 g/mol. The third-order valence-corrected chi connectivity index (χ3v) is 3.95. The highest BCUT2D eigenvalue weighted by molar-refractivity contribution is 6.14. The van der Waals surface area contributed by atoms with Gasteiger partial charge in [0.1, 0.15) is 17.3 Å². The standard InChI is InChI=1S/C20H20N2O2/c1-3-14-9-10-18(24-2)16(11-14)13-17-20(23)22-19(21-17)12-15-7-5-4-6-8-15/h4-11,13H,3,12H2,1-2H3,(H,21,22,23)/b17-13+. The molecule has 0 saturated heterocycles. The van der Waals surface area contributed by atoms with Gasteiger partial charge >= 0.3 is 0 Å². The van der Waals surface area contributed by atoms with Crippen molar-refractivity contribution in [2.24, 2.45) is 4.99 Å². The smallest absolute Gasteiger partial charge is 0.275 e. The Hall–Kier alpha value is -2.88. The van der Waals surface area contributed by atoms with E-state index in [0.29, 0.717) is 18.0 Å². The average Bonchev–Trinajstić information content (AvgIpc) is 2.94. The number of aliphatic imine (C=N–C) groups is 1. The van der Waals surface area contributed by atoms with Gasteiger partial charge in [-0.2, -0.15) is 0 Å². The van der Waals surface area contributed by atoms with E-state index in [1.54, 1.807) is 13.2 Å². The Balaban J connectivity index is 1.88. The molecular formula is C20H20N2O2. The van der Waals surface area contributed by atoms with Crippen LogP contribution in [0.3, 0.4) is 0 Å². The molecule has 0 fully saturated rings. The summed E-state index contributed by atoms with van der Waals surface area (Å²) < 4.78 is 5.39. The summed E-state index contributed by atoms with van der Waals surface area (Å²) in [5.74, 6) is 1.23. The predicted molar refractivity (Wildman–Crippen MR) is 96.1 cm³/mol. The van der Waals surface area contributed by atoms with Gasteiger partial charge in [0.05, 0.1) is 7.11 Å². The molecule has 1 aliphatic heterocycles. The summed E-state index contributed by atoms with van der Waals surface area (Å²) in [6, 6.07) is 15.9. The van der Waals surface area contributed by atoms with Crippen LogP contribution in [-0.4, -0.2) is 18.9 Å². The lowest BCUT2D eigenvalue weighted by Crippen LogP contribution is -2.25. The fraction of sp³-hybridized carbons (Fsp3) is 0.200. The zero-order chi connectivity index (χ0) is 16.9. The van der Waals surface area contributed by atoms with Crippen molar-refractivity contribution in [1.29, 1.82) is 0 Å². The molecule has 1 amide bonds. The molecule has 3 rings (SSSR count). The summed E-state index contributed by atoms with van der Waals surface area (Å²) in [4.78, 5) is 16.7. The van der Waals surface area contributed by atoms with Gasteiger partial charge in [-0.05, 0) is 35.8 Å². The number of aryl methyl sites for hydroxylation is 1. The molecule has 0 atom stereocenters. The third-order valence-electron chi connectivity index (χ3n) is 3.95. The number of hydrogen-bond acceptors (Lipinski definition) is 3. The van der Waals surface area contributed by atoms with Gasteiger partial charge in [0.25, 0.3) is 5.91 Å². The number of carbonyl (C=O) groups excluding carboxylic acids is 1. The van der Waals surface area contributed by atoms with Gasteiger partial charge in [-0.1, -0.05) is 43.3 Å². The largest absolute Gasteiger partial charge is 0.496 e. The summed E-state index contributed by atoms with van der Waals surface area (Å²) in [6.07, 6.45) is 3.32. The van der Waals surface area contributed by atoms with E-state index in [-0.39, 0.29) is 5.91 Å². The van der Waals surface area contributed by atoms with Gasteiger partial charge in [-0.15, -0.1) is 0 Å². The highest BCUT2D eigenvalue weighted by Crippen LogP contribution is 2.24. The third kappa shape index (κ3) is 3.54. The number of hydrogen-bond donors (Lipinski definition) is 1. The zero-order valence-electron chi connectivity index (χ0n) is 13.9. The molecule has 0 aliphatic carbocycles. The number of ether oxygens (including phenoxy) is 1. The van der Waals surface area contributed by atoms with Crippen LogP contribution in [0.15, 0.2) is 59.2 Å². The predicted octanol–water partition coefficient (Wildman–Crippen LogP) is 3.37. The van der Waals surface area contributed by atoms with Crippen molar-refractivity contribution in [2.75, 3.05) is 7.11 Å². The first-order valence-electron chi connectivity index (χ1n) is 8.01. The van der Waals surface area contributed by atoms with Crippen LogP contribution in [0.1, 0.15) is 23.6 Å². The normalized spacial score (nSPS) is 15.3. The van der Waals surface area contributed by atoms with Gasteiger partial charge < -0.3 is 10.1 Å². The van der Waals surface area contributed by atoms with Crippen LogP contribution in [0, 0.1) is 0 Å². The summed E-state index contributed by atoms with van der Waals surface area (Å²) >= 11 is 0. The van der Waals surface area contributed by atoms with E-state index >= 15 is 0 Å². The van der Waals surface area contributed by atoms with Crippen molar-refractivity contribution in [3.63, 3.8) is 0 Å². The number of rotatable bonds is 5. The molecule has 0 radical (unpaired) electrons.